The van der Waals surface area contributed by atoms with E-state index >= 15 is 0 Å². The molecule has 0 saturated heterocycles. The summed E-state index contributed by atoms with van der Waals surface area (Å²) in [5.41, 5.74) is 0.624. The highest BCUT2D eigenvalue weighted by molar-refractivity contribution is 7.12. The van der Waals surface area contributed by atoms with E-state index in [0.29, 0.717) is 11.5 Å². The highest BCUT2D eigenvalue weighted by Crippen LogP contribution is 2.43. The van der Waals surface area contributed by atoms with Crippen LogP contribution in [0.1, 0.15) is 62.3 Å². The smallest absolute Gasteiger partial charge is 0.0386 e. The topological polar surface area (TPSA) is 12.0 Å². The molecule has 2 rings (SSSR count). The number of hydrogen-bond acceptors (Lipinski definition) is 2. The van der Waals surface area contributed by atoms with Crippen LogP contribution in [0.15, 0.2) is 12.1 Å². The van der Waals surface area contributed by atoms with E-state index in [4.69, 9.17) is 0 Å². The Balaban J connectivity index is 1.86. The van der Waals surface area contributed by atoms with Crippen LogP contribution in [0.3, 0.4) is 0 Å². The third-order valence-electron chi connectivity index (χ3n) is 4.41. The minimum atomic E-state index is 0.518. The molecule has 96 valence electrons. The summed E-state index contributed by atoms with van der Waals surface area (Å²) in [5.74, 6) is 0. The summed E-state index contributed by atoms with van der Waals surface area (Å²) in [7, 11) is 0. The summed E-state index contributed by atoms with van der Waals surface area (Å²) >= 11 is 1.96. The Morgan fingerprint density at radius 2 is 2.12 bits per heavy atom. The van der Waals surface area contributed by atoms with Crippen LogP contribution in [0, 0.1) is 5.41 Å². The summed E-state index contributed by atoms with van der Waals surface area (Å²) in [6.45, 7) is 8.07. The maximum Gasteiger partial charge on any atom is 0.0386 e. The van der Waals surface area contributed by atoms with Gasteiger partial charge in [-0.25, -0.2) is 0 Å². The average molecular weight is 251 g/mol. The first-order chi connectivity index (χ1) is 8.19. The molecular weight excluding hydrogens is 226 g/mol. The van der Waals surface area contributed by atoms with E-state index in [-0.39, 0.29) is 0 Å². The van der Waals surface area contributed by atoms with Gasteiger partial charge < -0.3 is 5.32 Å². The number of nitrogens with one attached hydrogen (secondary N) is 1. The van der Waals surface area contributed by atoms with Crippen molar-refractivity contribution in [2.24, 2.45) is 5.41 Å². The maximum atomic E-state index is 3.74. The summed E-state index contributed by atoms with van der Waals surface area (Å²) in [6.07, 6.45) is 6.78. The van der Waals surface area contributed by atoms with E-state index in [0.717, 1.165) is 6.42 Å². The lowest BCUT2D eigenvalue weighted by Gasteiger charge is -2.42. The van der Waals surface area contributed by atoms with E-state index in [1.807, 2.05) is 11.3 Å². The minimum absolute atomic E-state index is 0.518. The van der Waals surface area contributed by atoms with Crippen molar-refractivity contribution in [2.45, 2.75) is 58.9 Å². The number of hydrogen-bond donors (Lipinski definition) is 1. The van der Waals surface area contributed by atoms with Gasteiger partial charge in [0.05, 0.1) is 0 Å². The standard InChI is InChI=1S/C15H25NS/c1-4-13-7-8-14(17-13)12(3)16-11-15(5-2)9-6-10-15/h7-8,12,16H,4-6,9-11H2,1-3H3. The first-order valence-electron chi connectivity index (χ1n) is 7.01. The van der Waals surface area contributed by atoms with Crippen LogP contribution in [0.5, 0.6) is 0 Å². The van der Waals surface area contributed by atoms with Crippen LogP contribution in [0.4, 0.5) is 0 Å². The second-order valence-corrected chi connectivity index (χ2v) is 6.67. The predicted octanol–water partition coefficient (Wildman–Crippen LogP) is 4.54. The van der Waals surface area contributed by atoms with Crippen LogP contribution in [-0.2, 0) is 6.42 Å². The van der Waals surface area contributed by atoms with Gasteiger partial charge in [0.1, 0.15) is 0 Å². The maximum absolute atomic E-state index is 3.74. The molecule has 2 heteroatoms. The van der Waals surface area contributed by atoms with Gasteiger partial charge in [-0.2, -0.15) is 0 Å². The van der Waals surface area contributed by atoms with Gasteiger partial charge in [-0.05, 0) is 50.2 Å². The van der Waals surface area contributed by atoms with Crippen LogP contribution in [0.25, 0.3) is 0 Å². The highest BCUT2D eigenvalue weighted by Gasteiger charge is 2.34. The third kappa shape index (κ3) is 2.92. The third-order valence-corrected chi connectivity index (χ3v) is 5.82. The summed E-state index contributed by atoms with van der Waals surface area (Å²) in [6, 6.07) is 5.09. The average Bonchev–Trinajstić information content (AvgIpc) is 2.76. The molecule has 0 amide bonds. The Labute approximate surface area is 110 Å². The Hall–Kier alpha value is -0.340. The number of aryl methyl sites for hydroxylation is 1. The normalized spacial score (nSPS) is 19.9. The summed E-state index contributed by atoms with van der Waals surface area (Å²) in [5, 5.41) is 3.74. The molecule has 1 aromatic heterocycles. The van der Waals surface area contributed by atoms with Crippen molar-refractivity contribution in [1.82, 2.24) is 5.32 Å². The van der Waals surface area contributed by atoms with E-state index in [1.165, 1.54) is 42.0 Å². The van der Waals surface area contributed by atoms with Crippen molar-refractivity contribution >= 4 is 11.3 Å². The second-order valence-electron chi connectivity index (χ2n) is 5.47. The van der Waals surface area contributed by atoms with Crippen molar-refractivity contribution in [3.05, 3.63) is 21.9 Å². The van der Waals surface area contributed by atoms with Crippen LogP contribution < -0.4 is 5.32 Å². The van der Waals surface area contributed by atoms with Crippen molar-refractivity contribution in [3.63, 3.8) is 0 Å². The Morgan fingerprint density at radius 3 is 2.59 bits per heavy atom. The zero-order valence-electron chi connectivity index (χ0n) is 11.4. The number of rotatable bonds is 6. The molecule has 1 N–H and O–H groups in total. The van der Waals surface area contributed by atoms with Gasteiger partial charge in [0, 0.05) is 22.3 Å². The fourth-order valence-electron chi connectivity index (χ4n) is 2.62. The molecule has 0 bridgehead atoms. The first-order valence-corrected chi connectivity index (χ1v) is 7.83. The van der Waals surface area contributed by atoms with E-state index in [9.17, 15) is 0 Å². The van der Waals surface area contributed by atoms with Crippen molar-refractivity contribution in [1.29, 1.82) is 0 Å². The fourth-order valence-corrected chi connectivity index (χ4v) is 3.60. The molecule has 0 spiro atoms. The summed E-state index contributed by atoms with van der Waals surface area (Å²) < 4.78 is 0. The van der Waals surface area contributed by atoms with Gasteiger partial charge in [-0.1, -0.05) is 20.3 Å². The molecule has 1 fully saturated rings. The second kappa shape index (κ2) is 5.53. The fraction of sp³-hybridized carbons (Fsp3) is 0.733. The lowest BCUT2D eigenvalue weighted by molar-refractivity contribution is 0.120. The van der Waals surface area contributed by atoms with Gasteiger partial charge in [0.2, 0.25) is 0 Å². The summed E-state index contributed by atoms with van der Waals surface area (Å²) in [4.78, 5) is 3.00. The van der Waals surface area contributed by atoms with Crippen LogP contribution >= 0.6 is 11.3 Å². The molecule has 1 nitrogen and oxygen atoms in total. The van der Waals surface area contributed by atoms with Gasteiger partial charge in [-0.3, -0.25) is 0 Å². The zero-order valence-corrected chi connectivity index (χ0v) is 12.2. The highest BCUT2D eigenvalue weighted by atomic mass is 32.1. The zero-order chi connectivity index (χ0) is 12.3. The lowest BCUT2D eigenvalue weighted by atomic mass is 9.67. The van der Waals surface area contributed by atoms with Gasteiger partial charge in [0.25, 0.3) is 0 Å². The molecule has 1 heterocycles. The Morgan fingerprint density at radius 1 is 1.35 bits per heavy atom. The molecule has 1 saturated carbocycles. The number of thiophene rings is 1. The Bertz CT molecular complexity index is 346. The molecule has 0 aliphatic heterocycles. The van der Waals surface area contributed by atoms with E-state index in [1.54, 1.807) is 0 Å². The molecule has 1 aliphatic carbocycles. The largest absolute Gasteiger partial charge is 0.309 e. The van der Waals surface area contributed by atoms with Crippen molar-refractivity contribution in [3.8, 4) is 0 Å². The van der Waals surface area contributed by atoms with Crippen molar-refractivity contribution in [2.75, 3.05) is 6.54 Å². The van der Waals surface area contributed by atoms with Crippen LogP contribution in [0.2, 0.25) is 0 Å². The SMILES string of the molecule is CCc1ccc(C(C)NCC2(CC)CCC2)s1. The van der Waals surface area contributed by atoms with E-state index < -0.39 is 0 Å². The molecule has 1 aromatic rings. The molecule has 17 heavy (non-hydrogen) atoms. The molecular formula is C15H25NS. The molecule has 1 unspecified atom stereocenters. The quantitative estimate of drug-likeness (QED) is 0.782. The van der Waals surface area contributed by atoms with Gasteiger partial charge in [0.15, 0.2) is 0 Å². The molecule has 0 radical (unpaired) electrons. The molecule has 0 aromatic carbocycles. The van der Waals surface area contributed by atoms with Crippen LogP contribution in [-0.4, -0.2) is 6.54 Å². The van der Waals surface area contributed by atoms with E-state index in [2.05, 4.69) is 38.2 Å². The predicted molar refractivity (Wildman–Crippen MR) is 76.7 cm³/mol. The van der Waals surface area contributed by atoms with Gasteiger partial charge >= 0.3 is 0 Å². The minimum Gasteiger partial charge on any atom is -0.309 e. The van der Waals surface area contributed by atoms with Crippen molar-refractivity contribution < 1.29 is 0 Å². The van der Waals surface area contributed by atoms with Gasteiger partial charge in [-0.15, -0.1) is 11.3 Å². The Kier molecular flexibility index (Phi) is 4.26. The monoisotopic (exact) mass is 251 g/mol. The molecule has 1 atom stereocenters. The lowest BCUT2D eigenvalue weighted by Crippen LogP contribution is -2.40. The molecule has 1 aliphatic rings. The first kappa shape index (κ1) is 13.1.